The van der Waals surface area contributed by atoms with Crippen LogP contribution in [0.15, 0.2) is 18.6 Å². The van der Waals surface area contributed by atoms with Crippen LogP contribution < -0.4 is 0 Å². The Hall–Kier alpha value is -2.02. The van der Waals surface area contributed by atoms with Crippen molar-refractivity contribution in [3.63, 3.8) is 0 Å². The number of aromatic nitrogens is 2. The van der Waals surface area contributed by atoms with Crippen molar-refractivity contribution < 1.29 is 14.3 Å². The molecule has 1 fully saturated rings. The van der Waals surface area contributed by atoms with Gasteiger partial charge in [0.15, 0.2) is 5.78 Å². The number of likely N-dealkylation sites (tertiary alicyclic amines) is 1. The average Bonchev–Trinajstić information content (AvgIpc) is 2.94. The molecule has 1 saturated heterocycles. The summed E-state index contributed by atoms with van der Waals surface area (Å²) in [6, 6.07) is 0.0690. The van der Waals surface area contributed by atoms with E-state index in [4.69, 9.17) is 4.74 Å². The Labute approximate surface area is 143 Å². The van der Waals surface area contributed by atoms with Gasteiger partial charge in [-0.2, -0.15) is 0 Å². The summed E-state index contributed by atoms with van der Waals surface area (Å²) in [4.78, 5) is 36.1. The average molecular weight is 334 g/mol. The zero-order chi connectivity index (χ0) is 17.7. The van der Waals surface area contributed by atoms with E-state index in [1.54, 1.807) is 4.90 Å². The smallest absolute Gasteiger partial charge is 0.410 e. The lowest BCUT2D eigenvalue weighted by Gasteiger charge is -2.30. The molecule has 1 aliphatic rings. The quantitative estimate of drug-likeness (QED) is 0.767. The fourth-order valence-electron chi connectivity index (χ4n) is 2.78. The first-order valence-electron chi connectivity index (χ1n) is 8.23. The van der Waals surface area contributed by atoms with Gasteiger partial charge in [-0.3, -0.25) is 14.7 Å². The molecule has 0 saturated carbocycles. The van der Waals surface area contributed by atoms with Crippen molar-refractivity contribution in [2.45, 2.75) is 45.3 Å². The third-order valence-electron chi connectivity index (χ3n) is 3.79. The van der Waals surface area contributed by atoms with Crippen LogP contribution in [0.1, 0.15) is 44.1 Å². The Morgan fingerprint density at radius 3 is 2.75 bits per heavy atom. The van der Waals surface area contributed by atoms with Gasteiger partial charge in [-0.1, -0.05) is 0 Å². The molecule has 0 N–H and O–H groups in total. The van der Waals surface area contributed by atoms with Crippen LogP contribution in [0.25, 0.3) is 0 Å². The normalized spacial score (nSPS) is 18.0. The molecule has 2 heterocycles. The van der Waals surface area contributed by atoms with Gasteiger partial charge >= 0.3 is 6.09 Å². The van der Waals surface area contributed by atoms with Crippen LogP contribution in [-0.2, 0) is 4.74 Å². The molecule has 1 aromatic rings. The first-order chi connectivity index (χ1) is 11.3. The standard InChI is InChI=1S/C17H26N4O3/c1-17(2,3)24-16(23)21-9-5-6-13(21)11-20(4)12-15(22)14-10-18-7-8-19-14/h7-8,10,13H,5-6,9,11-12H2,1-4H3/t13-/m0/s1. The topological polar surface area (TPSA) is 75.6 Å². The minimum absolute atomic E-state index is 0.0690. The minimum atomic E-state index is -0.502. The number of carbonyl (C=O) groups is 2. The maximum absolute atomic E-state index is 12.3. The van der Waals surface area contributed by atoms with Crippen molar-refractivity contribution in [1.29, 1.82) is 0 Å². The Kier molecular flexibility index (Phi) is 5.88. The highest BCUT2D eigenvalue weighted by molar-refractivity contribution is 5.95. The van der Waals surface area contributed by atoms with Crippen molar-refractivity contribution in [3.8, 4) is 0 Å². The van der Waals surface area contributed by atoms with Gasteiger partial charge < -0.3 is 9.64 Å². The van der Waals surface area contributed by atoms with Gasteiger partial charge in [-0.25, -0.2) is 9.78 Å². The third kappa shape index (κ3) is 5.26. The van der Waals surface area contributed by atoms with Crippen LogP contribution in [0.5, 0.6) is 0 Å². The highest BCUT2D eigenvalue weighted by Gasteiger charge is 2.32. The first kappa shape index (κ1) is 18.3. The van der Waals surface area contributed by atoms with Gasteiger partial charge in [-0.05, 0) is 40.7 Å². The highest BCUT2D eigenvalue weighted by Crippen LogP contribution is 2.21. The Morgan fingerprint density at radius 1 is 1.38 bits per heavy atom. The van der Waals surface area contributed by atoms with Crippen LogP contribution in [0.4, 0.5) is 4.79 Å². The number of carbonyl (C=O) groups excluding carboxylic acids is 2. The maximum Gasteiger partial charge on any atom is 0.410 e. The molecule has 132 valence electrons. The van der Waals surface area contributed by atoms with Crippen LogP contribution in [0.3, 0.4) is 0 Å². The predicted molar refractivity (Wildman–Crippen MR) is 89.8 cm³/mol. The van der Waals surface area contributed by atoms with Crippen LogP contribution >= 0.6 is 0 Å². The van der Waals surface area contributed by atoms with Gasteiger partial charge in [0.05, 0.1) is 12.7 Å². The number of nitrogens with zero attached hydrogens (tertiary/aromatic N) is 4. The van der Waals surface area contributed by atoms with E-state index < -0.39 is 5.60 Å². The van der Waals surface area contributed by atoms with Crippen LogP contribution in [0.2, 0.25) is 0 Å². The van der Waals surface area contributed by atoms with E-state index in [1.165, 1.54) is 18.6 Å². The van der Waals surface area contributed by atoms with E-state index in [-0.39, 0.29) is 24.5 Å². The van der Waals surface area contributed by atoms with Crippen LogP contribution in [0, 0.1) is 0 Å². The Bertz CT molecular complexity index is 571. The second-order valence-electron chi connectivity index (χ2n) is 7.18. The van der Waals surface area contributed by atoms with E-state index in [0.29, 0.717) is 18.8 Å². The number of hydrogen-bond acceptors (Lipinski definition) is 6. The third-order valence-corrected chi connectivity index (χ3v) is 3.79. The molecule has 0 aliphatic carbocycles. The Balaban J connectivity index is 1.89. The molecule has 1 amide bonds. The summed E-state index contributed by atoms with van der Waals surface area (Å²) in [6.45, 7) is 7.17. The van der Waals surface area contributed by atoms with Crippen molar-refractivity contribution in [2.75, 3.05) is 26.7 Å². The molecule has 0 aromatic carbocycles. The number of rotatable bonds is 5. The van der Waals surface area contributed by atoms with E-state index in [2.05, 4.69) is 9.97 Å². The fourth-order valence-corrected chi connectivity index (χ4v) is 2.78. The highest BCUT2D eigenvalue weighted by atomic mass is 16.6. The number of amides is 1. The zero-order valence-corrected chi connectivity index (χ0v) is 14.9. The lowest BCUT2D eigenvalue weighted by Crippen LogP contribution is -2.45. The molecule has 0 bridgehead atoms. The molecule has 24 heavy (non-hydrogen) atoms. The number of likely N-dealkylation sites (N-methyl/N-ethyl adjacent to an activating group) is 1. The molecule has 1 aliphatic heterocycles. The molecular formula is C17H26N4O3. The molecule has 1 atom stereocenters. The molecule has 1 aromatic heterocycles. The summed E-state index contributed by atoms with van der Waals surface area (Å²) in [5.41, 5.74) is -0.141. The number of Topliss-reactive ketones (excluding diaryl/α,β-unsaturated/α-hetero) is 1. The molecule has 0 unspecified atom stereocenters. The number of hydrogen-bond donors (Lipinski definition) is 0. The van der Waals surface area contributed by atoms with Gasteiger partial charge in [-0.15, -0.1) is 0 Å². The predicted octanol–water partition coefficient (Wildman–Crippen LogP) is 1.99. The maximum atomic E-state index is 12.3. The van der Waals surface area contributed by atoms with Crippen molar-refractivity contribution >= 4 is 11.9 Å². The molecule has 2 rings (SSSR count). The summed E-state index contributed by atoms with van der Waals surface area (Å²) in [5, 5.41) is 0. The van der Waals surface area contributed by atoms with Crippen LogP contribution in [-0.4, -0.2) is 70.0 Å². The monoisotopic (exact) mass is 334 g/mol. The van der Waals surface area contributed by atoms with Gasteiger partial charge in [0.2, 0.25) is 0 Å². The molecular weight excluding hydrogens is 308 g/mol. The van der Waals surface area contributed by atoms with E-state index in [9.17, 15) is 9.59 Å². The lowest BCUT2D eigenvalue weighted by atomic mass is 10.2. The van der Waals surface area contributed by atoms with Crippen molar-refractivity contribution in [1.82, 2.24) is 19.8 Å². The second kappa shape index (κ2) is 7.70. The summed E-state index contributed by atoms with van der Waals surface area (Å²) in [5.74, 6) is -0.0765. The molecule has 0 radical (unpaired) electrons. The summed E-state index contributed by atoms with van der Waals surface area (Å²) in [6.07, 6.45) is 6.11. The Morgan fingerprint density at radius 2 is 2.12 bits per heavy atom. The summed E-state index contributed by atoms with van der Waals surface area (Å²) < 4.78 is 5.47. The number of ketones is 1. The van der Waals surface area contributed by atoms with Crippen molar-refractivity contribution in [2.24, 2.45) is 0 Å². The fraction of sp³-hybridized carbons (Fsp3) is 0.647. The second-order valence-corrected chi connectivity index (χ2v) is 7.18. The van der Waals surface area contributed by atoms with Gasteiger partial charge in [0.1, 0.15) is 11.3 Å². The van der Waals surface area contributed by atoms with E-state index in [0.717, 1.165) is 12.8 Å². The minimum Gasteiger partial charge on any atom is -0.444 e. The lowest BCUT2D eigenvalue weighted by molar-refractivity contribution is 0.0205. The van der Waals surface area contributed by atoms with Gasteiger partial charge in [0, 0.05) is 31.5 Å². The summed E-state index contributed by atoms with van der Waals surface area (Å²) in [7, 11) is 1.87. The van der Waals surface area contributed by atoms with E-state index >= 15 is 0 Å². The van der Waals surface area contributed by atoms with Gasteiger partial charge in [0.25, 0.3) is 0 Å². The first-order valence-corrected chi connectivity index (χ1v) is 8.23. The molecule has 7 nitrogen and oxygen atoms in total. The largest absolute Gasteiger partial charge is 0.444 e. The molecule has 0 spiro atoms. The summed E-state index contributed by atoms with van der Waals surface area (Å²) >= 11 is 0. The zero-order valence-electron chi connectivity index (χ0n) is 14.9. The SMILES string of the molecule is CN(CC(=O)c1cnccn1)C[C@@H]1CCCN1C(=O)OC(C)(C)C. The molecule has 7 heteroatoms. The van der Waals surface area contributed by atoms with Crippen molar-refractivity contribution in [3.05, 3.63) is 24.3 Å². The number of ether oxygens (including phenoxy) is 1. The van der Waals surface area contributed by atoms with E-state index in [1.807, 2.05) is 32.7 Å².